The van der Waals surface area contributed by atoms with Gasteiger partial charge in [0.1, 0.15) is 0 Å². The molecule has 4 heteroatoms. The molecule has 0 spiro atoms. The van der Waals surface area contributed by atoms with Crippen molar-refractivity contribution in [2.75, 3.05) is 19.0 Å². The zero-order valence-corrected chi connectivity index (χ0v) is 10.3. The summed E-state index contributed by atoms with van der Waals surface area (Å²) < 4.78 is 0. The lowest BCUT2D eigenvalue weighted by molar-refractivity contribution is 0.651. The Morgan fingerprint density at radius 1 is 1.53 bits per heavy atom. The highest BCUT2D eigenvalue weighted by Gasteiger charge is 2.21. The SMILES string of the molecule is CNCc1cnc(N(C)C2CCCC2)s1. The van der Waals surface area contributed by atoms with Crippen molar-refractivity contribution < 1.29 is 0 Å². The third-order valence-corrected chi connectivity index (χ3v) is 4.15. The van der Waals surface area contributed by atoms with Crippen LogP contribution in [0.3, 0.4) is 0 Å². The fraction of sp³-hybridized carbons (Fsp3) is 0.727. The molecule has 1 N–H and O–H groups in total. The van der Waals surface area contributed by atoms with Crippen molar-refractivity contribution in [2.45, 2.75) is 38.3 Å². The Morgan fingerprint density at radius 2 is 2.27 bits per heavy atom. The van der Waals surface area contributed by atoms with Crippen LogP contribution in [0.15, 0.2) is 6.20 Å². The Bertz CT molecular complexity index is 305. The van der Waals surface area contributed by atoms with Gasteiger partial charge in [0.15, 0.2) is 5.13 Å². The van der Waals surface area contributed by atoms with Crippen molar-refractivity contribution in [1.29, 1.82) is 0 Å². The molecule has 1 fully saturated rings. The summed E-state index contributed by atoms with van der Waals surface area (Å²) in [5.74, 6) is 0. The van der Waals surface area contributed by atoms with Gasteiger partial charge in [-0.05, 0) is 19.9 Å². The first-order valence-corrected chi connectivity index (χ1v) is 6.45. The van der Waals surface area contributed by atoms with Gasteiger partial charge in [0.25, 0.3) is 0 Å². The smallest absolute Gasteiger partial charge is 0.185 e. The molecule has 1 aliphatic carbocycles. The maximum atomic E-state index is 4.48. The van der Waals surface area contributed by atoms with E-state index in [2.05, 4.69) is 22.2 Å². The zero-order chi connectivity index (χ0) is 10.7. The number of rotatable bonds is 4. The molecule has 1 heterocycles. The van der Waals surface area contributed by atoms with Crippen LogP contribution in [0.1, 0.15) is 30.6 Å². The fourth-order valence-electron chi connectivity index (χ4n) is 2.16. The number of thiazole rings is 1. The van der Waals surface area contributed by atoms with Crippen LogP contribution < -0.4 is 10.2 Å². The summed E-state index contributed by atoms with van der Waals surface area (Å²) in [4.78, 5) is 8.16. The second-order valence-electron chi connectivity index (χ2n) is 4.19. The van der Waals surface area contributed by atoms with Gasteiger partial charge in [-0.3, -0.25) is 0 Å². The normalized spacial score (nSPS) is 17.2. The Balaban J connectivity index is 2.00. The van der Waals surface area contributed by atoms with E-state index in [0.29, 0.717) is 0 Å². The second-order valence-corrected chi connectivity index (χ2v) is 5.28. The molecule has 1 saturated carbocycles. The zero-order valence-electron chi connectivity index (χ0n) is 9.49. The van der Waals surface area contributed by atoms with Gasteiger partial charge in [0.05, 0.1) is 0 Å². The predicted molar refractivity (Wildman–Crippen MR) is 65.5 cm³/mol. The maximum absolute atomic E-state index is 4.48. The van der Waals surface area contributed by atoms with E-state index in [1.807, 2.05) is 13.2 Å². The Kier molecular flexibility index (Phi) is 3.59. The number of nitrogens with zero attached hydrogens (tertiary/aromatic N) is 2. The minimum absolute atomic E-state index is 0.721. The van der Waals surface area contributed by atoms with E-state index >= 15 is 0 Å². The van der Waals surface area contributed by atoms with E-state index in [9.17, 15) is 0 Å². The molecule has 0 amide bonds. The largest absolute Gasteiger partial charge is 0.348 e. The highest BCUT2D eigenvalue weighted by Crippen LogP contribution is 2.29. The van der Waals surface area contributed by atoms with Crippen molar-refractivity contribution in [3.8, 4) is 0 Å². The molecule has 0 bridgehead atoms. The summed E-state index contributed by atoms with van der Waals surface area (Å²) in [6, 6.07) is 0.721. The third-order valence-electron chi connectivity index (χ3n) is 3.07. The van der Waals surface area contributed by atoms with Gasteiger partial charge in [0.2, 0.25) is 0 Å². The average Bonchev–Trinajstić information content (AvgIpc) is 2.87. The van der Waals surface area contributed by atoms with Crippen LogP contribution >= 0.6 is 11.3 Å². The van der Waals surface area contributed by atoms with Crippen LogP contribution in [0.5, 0.6) is 0 Å². The first kappa shape index (κ1) is 10.9. The van der Waals surface area contributed by atoms with Crippen LogP contribution in [0.2, 0.25) is 0 Å². The molecule has 1 aliphatic rings. The van der Waals surface area contributed by atoms with Gasteiger partial charge in [-0.1, -0.05) is 12.8 Å². The molecule has 15 heavy (non-hydrogen) atoms. The molecule has 0 atom stereocenters. The molecular weight excluding hydrogens is 206 g/mol. The van der Waals surface area contributed by atoms with Gasteiger partial charge in [-0.2, -0.15) is 0 Å². The van der Waals surface area contributed by atoms with E-state index in [1.165, 1.54) is 35.7 Å². The summed E-state index contributed by atoms with van der Waals surface area (Å²) in [5, 5.41) is 4.33. The minimum atomic E-state index is 0.721. The summed E-state index contributed by atoms with van der Waals surface area (Å²) in [6.45, 7) is 0.927. The lowest BCUT2D eigenvalue weighted by Crippen LogP contribution is -2.28. The van der Waals surface area contributed by atoms with Crippen LogP contribution in [0.25, 0.3) is 0 Å². The van der Waals surface area contributed by atoms with Crippen molar-refractivity contribution in [2.24, 2.45) is 0 Å². The molecule has 0 saturated heterocycles. The van der Waals surface area contributed by atoms with Crippen LogP contribution in [-0.2, 0) is 6.54 Å². The number of nitrogens with one attached hydrogen (secondary N) is 1. The first-order chi connectivity index (χ1) is 7.31. The Labute approximate surface area is 95.5 Å². The summed E-state index contributed by atoms with van der Waals surface area (Å²) in [6.07, 6.45) is 7.41. The molecular formula is C11H19N3S. The lowest BCUT2D eigenvalue weighted by atomic mass is 10.2. The summed E-state index contributed by atoms with van der Waals surface area (Å²) in [7, 11) is 4.15. The van der Waals surface area contributed by atoms with Crippen molar-refractivity contribution in [3.63, 3.8) is 0 Å². The van der Waals surface area contributed by atoms with Gasteiger partial charge < -0.3 is 10.2 Å². The molecule has 84 valence electrons. The molecule has 0 aliphatic heterocycles. The summed E-state index contributed by atoms with van der Waals surface area (Å²) in [5.41, 5.74) is 0. The lowest BCUT2D eigenvalue weighted by Gasteiger charge is -2.23. The van der Waals surface area contributed by atoms with Gasteiger partial charge in [-0.15, -0.1) is 11.3 Å². The van der Waals surface area contributed by atoms with E-state index in [1.54, 1.807) is 11.3 Å². The quantitative estimate of drug-likeness (QED) is 0.852. The maximum Gasteiger partial charge on any atom is 0.185 e. The van der Waals surface area contributed by atoms with E-state index in [4.69, 9.17) is 0 Å². The average molecular weight is 225 g/mol. The first-order valence-electron chi connectivity index (χ1n) is 5.63. The molecule has 0 unspecified atom stereocenters. The van der Waals surface area contributed by atoms with E-state index in [0.717, 1.165) is 12.6 Å². The molecule has 3 nitrogen and oxygen atoms in total. The number of aromatic nitrogens is 1. The number of anilines is 1. The predicted octanol–water partition coefficient (Wildman–Crippen LogP) is 2.24. The Hall–Kier alpha value is -0.610. The van der Waals surface area contributed by atoms with E-state index in [-0.39, 0.29) is 0 Å². The standard InChI is InChI=1S/C11H19N3S/c1-12-7-10-8-13-11(15-10)14(2)9-5-3-4-6-9/h8-9,12H,3-7H2,1-2H3. The molecule has 2 rings (SSSR count). The topological polar surface area (TPSA) is 28.2 Å². The van der Waals surface area contributed by atoms with Gasteiger partial charge in [0, 0.05) is 30.7 Å². The summed E-state index contributed by atoms with van der Waals surface area (Å²) >= 11 is 1.80. The number of hydrogen-bond donors (Lipinski definition) is 1. The van der Waals surface area contributed by atoms with Crippen LogP contribution in [-0.4, -0.2) is 25.1 Å². The van der Waals surface area contributed by atoms with Crippen LogP contribution in [0.4, 0.5) is 5.13 Å². The third kappa shape index (κ3) is 2.49. The molecule has 1 aromatic rings. The van der Waals surface area contributed by atoms with Crippen molar-refractivity contribution in [3.05, 3.63) is 11.1 Å². The monoisotopic (exact) mass is 225 g/mol. The molecule has 0 radical (unpaired) electrons. The van der Waals surface area contributed by atoms with Gasteiger partial charge >= 0.3 is 0 Å². The Morgan fingerprint density at radius 3 is 2.93 bits per heavy atom. The minimum Gasteiger partial charge on any atom is -0.348 e. The number of hydrogen-bond acceptors (Lipinski definition) is 4. The molecule has 0 aromatic carbocycles. The molecule has 1 aromatic heterocycles. The van der Waals surface area contributed by atoms with E-state index < -0.39 is 0 Å². The fourth-order valence-corrected chi connectivity index (χ4v) is 3.12. The van der Waals surface area contributed by atoms with Crippen molar-refractivity contribution in [1.82, 2.24) is 10.3 Å². The van der Waals surface area contributed by atoms with Gasteiger partial charge in [-0.25, -0.2) is 4.98 Å². The highest BCUT2D eigenvalue weighted by atomic mass is 32.1. The highest BCUT2D eigenvalue weighted by molar-refractivity contribution is 7.15. The van der Waals surface area contributed by atoms with Crippen molar-refractivity contribution >= 4 is 16.5 Å². The van der Waals surface area contributed by atoms with Crippen LogP contribution in [0, 0.1) is 0 Å². The second kappa shape index (κ2) is 4.94.